The van der Waals surface area contributed by atoms with Crippen LogP contribution in [0.1, 0.15) is 19.4 Å². The monoisotopic (exact) mass is 271 g/mol. The highest BCUT2D eigenvalue weighted by atomic mass is 79.9. The number of hydrogen-bond acceptors (Lipinski definition) is 2. The fourth-order valence-corrected chi connectivity index (χ4v) is 1.55. The smallest absolute Gasteiger partial charge is 0.0498 e. The molecule has 0 aliphatic carbocycles. The zero-order valence-corrected chi connectivity index (χ0v) is 11.1. The molecule has 0 amide bonds. The van der Waals surface area contributed by atoms with Gasteiger partial charge >= 0.3 is 0 Å². The van der Waals surface area contributed by atoms with E-state index in [0.717, 1.165) is 16.7 Å². The van der Waals surface area contributed by atoms with Crippen LogP contribution in [0.4, 0.5) is 5.69 Å². The van der Waals surface area contributed by atoms with Gasteiger partial charge in [0.2, 0.25) is 0 Å². The van der Waals surface area contributed by atoms with Crippen molar-refractivity contribution in [3.63, 3.8) is 0 Å². The molecule has 1 aromatic rings. The second-order valence-electron chi connectivity index (χ2n) is 4.66. The van der Waals surface area contributed by atoms with E-state index in [0.29, 0.717) is 0 Å². The zero-order chi connectivity index (χ0) is 11.5. The Labute approximate surface area is 99.8 Å². The Hall–Kier alpha value is -0.540. The Morgan fingerprint density at radius 1 is 1.40 bits per heavy atom. The normalized spacial score (nSPS) is 11.5. The van der Waals surface area contributed by atoms with Gasteiger partial charge in [-0.3, -0.25) is 0 Å². The van der Waals surface area contributed by atoms with Crippen molar-refractivity contribution in [1.29, 1.82) is 0 Å². The summed E-state index contributed by atoms with van der Waals surface area (Å²) in [6, 6.07) is 6.19. The Balaban J connectivity index is 2.69. The van der Waals surface area contributed by atoms with Crippen LogP contribution in [0.2, 0.25) is 0 Å². The maximum absolute atomic E-state index is 9.14. The van der Waals surface area contributed by atoms with Crippen LogP contribution < -0.4 is 5.32 Å². The Morgan fingerprint density at radius 2 is 2.07 bits per heavy atom. The van der Waals surface area contributed by atoms with Gasteiger partial charge in [0.15, 0.2) is 0 Å². The summed E-state index contributed by atoms with van der Waals surface area (Å²) in [5.41, 5.74) is 2.21. The number of aliphatic hydroxyl groups is 1. The number of rotatable bonds is 4. The molecule has 15 heavy (non-hydrogen) atoms. The fraction of sp³-hybridized carbons (Fsp3) is 0.500. The van der Waals surface area contributed by atoms with Gasteiger partial charge in [-0.2, -0.15) is 0 Å². The number of aryl methyl sites for hydroxylation is 1. The van der Waals surface area contributed by atoms with Gasteiger partial charge in [-0.15, -0.1) is 0 Å². The lowest BCUT2D eigenvalue weighted by Gasteiger charge is -2.23. The molecule has 0 atom stereocenters. The summed E-state index contributed by atoms with van der Waals surface area (Å²) in [4.78, 5) is 0. The molecule has 0 bridgehead atoms. The molecule has 0 aliphatic heterocycles. The highest BCUT2D eigenvalue weighted by molar-refractivity contribution is 9.10. The molecule has 0 radical (unpaired) electrons. The predicted octanol–water partition coefficient (Wildman–Crippen LogP) is 3.19. The summed E-state index contributed by atoms with van der Waals surface area (Å²) < 4.78 is 1.06. The molecule has 0 heterocycles. The molecular formula is C12H18BrNO. The highest BCUT2D eigenvalue weighted by Gasteiger charge is 2.16. The van der Waals surface area contributed by atoms with Crippen molar-refractivity contribution in [2.45, 2.75) is 20.8 Å². The first-order valence-electron chi connectivity index (χ1n) is 5.05. The zero-order valence-electron chi connectivity index (χ0n) is 9.47. The molecule has 0 saturated carbocycles. The van der Waals surface area contributed by atoms with Gasteiger partial charge in [0.05, 0.1) is 0 Å². The van der Waals surface area contributed by atoms with Crippen molar-refractivity contribution in [3.8, 4) is 0 Å². The lowest BCUT2D eigenvalue weighted by atomic mass is 9.95. The fourth-order valence-electron chi connectivity index (χ4n) is 1.16. The van der Waals surface area contributed by atoms with Crippen LogP contribution in [0.15, 0.2) is 22.7 Å². The van der Waals surface area contributed by atoms with Crippen LogP contribution in [0.3, 0.4) is 0 Å². The van der Waals surface area contributed by atoms with E-state index >= 15 is 0 Å². The maximum atomic E-state index is 9.14. The van der Waals surface area contributed by atoms with Crippen LogP contribution >= 0.6 is 15.9 Å². The van der Waals surface area contributed by atoms with E-state index in [-0.39, 0.29) is 12.0 Å². The third-order valence-electron chi connectivity index (χ3n) is 2.31. The summed E-state index contributed by atoms with van der Waals surface area (Å²) in [5.74, 6) is 0. The molecule has 1 rings (SSSR count). The van der Waals surface area contributed by atoms with Gasteiger partial charge in [-0.1, -0.05) is 19.9 Å². The molecule has 84 valence electrons. The molecular weight excluding hydrogens is 254 g/mol. The third-order valence-corrected chi connectivity index (χ3v) is 3.00. The van der Waals surface area contributed by atoms with Gasteiger partial charge < -0.3 is 10.4 Å². The first kappa shape index (κ1) is 12.5. The minimum absolute atomic E-state index is 0.0941. The van der Waals surface area contributed by atoms with E-state index in [1.807, 2.05) is 19.9 Å². The number of halogens is 1. The van der Waals surface area contributed by atoms with Gasteiger partial charge in [-0.25, -0.2) is 0 Å². The molecule has 1 aromatic carbocycles. The molecule has 0 unspecified atom stereocenters. The standard InChI is InChI=1S/C12H18BrNO/c1-9-4-5-10(13)11(6-9)14-7-12(2,3)8-15/h4-6,14-15H,7-8H2,1-3H3. The Morgan fingerprint density at radius 3 is 2.67 bits per heavy atom. The van der Waals surface area contributed by atoms with E-state index in [9.17, 15) is 0 Å². The molecule has 2 nitrogen and oxygen atoms in total. The molecule has 0 aliphatic rings. The van der Waals surface area contributed by atoms with Crippen molar-refractivity contribution in [2.75, 3.05) is 18.5 Å². The first-order chi connectivity index (χ1) is 6.94. The highest BCUT2D eigenvalue weighted by Crippen LogP contribution is 2.25. The topological polar surface area (TPSA) is 32.3 Å². The molecule has 0 saturated heterocycles. The summed E-state index contributed by atoms with van der Waals surface area (Å²) >= 11 is 3.50. The summed E-state index contributed by atoms with van der Waals surface area (Å²) in [6.07, 6.45) is 0. The average molecular weight is 272 g/mol. The first-order valence-corrected chi connectivity index (χ1v) is 5.85. The summed E-state index contributed by atoms with van der Waals surface area (Å²) in [7, 11) is 0. The number of hydrogen-bond donors (Lipinski definition) is 2. The Kier molecular flexibility index (Phi) is 4.17. The summed E-state index contributed by atoms with van der Waals surface area (Å²) in [6.45, 7) is 7.07. The maximum Gasteiger partial charge on any atom is 0.0498 e. The van der Waals surface area contributed by atoms with E-state index < -0.39 is 0 Å². The number of anilines is 1. The minimum atomic E-state index is -0.0941. The predicted molar refractivity (Wildman–Crippen MR) is 68.2 cm³/mol. The van der Waals surface area contributed by atoms with Crippen molar-refractivity contribution >= 4 is 21.6 Å². The number of nitrogens with one attached hydrogen (secondary N) is 1. The lowest BCUT2D eigenvalue weighted by Crippen LogP contribution is -2.26. The van der Waals surface area contributed by atoms with E-state index in [1.54, 1.807) is 0 Å². The number of aliphatic hydroxyl groups excluding tert-OH is 1. The van der Waals surface area contributed by atoms with Gasteiger partial charge in [0.25, 0.3) is 0 Å². The quantitative estimate of drug-likeness (QED) is 0.882. The SMILES string of the molecule is Cc1ccc(Br)c(NCC(C)(C)CO)c1. The lowest BCUT2D eigenvalue weighted by molar-refractivity contribution is 0.171. The van der Waals surface area contributed by atoms with Crippen molar-refractivity contribution in [2.24, 2.45) is 5.41 Å². The average Bonchev–Trinajstić information content (AvgIpc) is 2.20. The van der Waals surface area contributed by atoms with Gasteiger partial charge in [-0.05, 0) is 40.5 Å². The molecule has 3 heteroatoms. The number of benzene rings is 1. The van der Waals surface area contributed by atoms with Crippen molar-refractivity contribution < 1.29 is 5.11 Å². The van der Waals surface area contributed by atoms with E-state index in [1.165, 1.54) is 5.56 Å². The van der Waals surface area contributed by atoms with Crippen LogP contribution in [-0.2, 0) is 0 Å². The van der Waals surface area contributed by atoms with Crippen molar-refractivity contribution in [1.82, 2.24) is 0 Å². The van der Waals surface area contributed by atoms with E-state index in [4.69, 9.17) is 5.11 Å². The second kappa shape index (κ2) is 4.99. The second-order valence-corrected chi connectivity index (χ2v) is 5.51. The van der Waals surface area contributed by atoms with E-state index in [2.05, 4.69) is 40.3 Å². The Bertz CT molecular complexity index is 336. The van der Waals surface area contributed by atoms with Crippen LogP contribution in [0, 0.1) is 12.3 Å². The third kappa shape index (κ3) is 3.84. The molecule has 0 spiro atoms. The molecule has 2 N–H and O–H groups in total. The van der Waals surface area contributed by atoms with Crippen LogP contribution in [0.25, 0.3) is 0 Å². The van der Waals surface area contributed by atoms with Gasteiger partial charge in [0.1, 0.15) is 0 Å². The minimum Gasteiger partial charge on any atom is -0.396 e. The molecule has 0 aromatic heterocycles. The molecule has 0 fully saturated rings. The van der Waals surface area contributed by atoms with Gasteiger partial charge in [0, 0.05) is 28.7 Å². The largest absolute Gasteiger partial charge is 0.396 e. The summed E-state index contributed by atoms with van der Waals surface area (Å²) in [5, 5.41) is 12.5. The van der Waals surface area contributed by atoms with Crippen molar-refractivity contribution in [3.05, 3.63) is 28.2 Å². The van der Waals surface area contributed by atoms with Crippen LogP contribution in [0.5, 0.6) is 0 Å². The van der Waals surface area contributed by atoms with Crippen LogP contribution in [-0.4, -0.2) is 18.3 Å².